The van der Waals surface area contributed by atoms with Crippen LogP contribution in [0, 0.1) is 0 Å². The molecule has 3 aromatic heterocycles. The van der Waals surface area contributed by atoms with E-state index in [1.165, 1.54) is 0 Å². The highest BCUT2D eigenvalue weighted by atomic mass is 16.1. The van der Waals surface area contributed by atoms with Crippen LogP contribution >= 0.6 is 0 Å². The monoisotopic (exact) mass is 409 g/mol. The molecule has 0 fully saturated rings. The summed E-state index contributed by atoms with van der Waals surface area (Å²) in [6.07, 6.45) is 6.85. The van der Waals surface area contributed by atoms with Gasteiger partial charge in [-0.25, -0.2) is 4.68 Å². The van der Waals surface area contributed by atoms with E-state index in [4.69, 9.17) is 5.10 Å². The molecule has 8 heteroatoms. The van der Waals surface area contributed by atoms with Crippen LogP contribution in [0.4, 0.5) is 11.6 Å². The largest absolute Gasteiger partial charge is 0.328 e. The number of para-hydroxylation sites is 1. The third kappa shape index (κ3) is 3.55. The van der Waals surface area contributed by atoms with Crippen LogP contribution in [0.5, 0.6) is 0 Å². The molecule has 1 aliphatic rings. The summed E-state index contributed by atoms with van der Waals surface area (Å²) in [4.78, 5) is 26.3. The van der Waals surface area contributed by atoms with Crippen LogP contribution in [0.2, 0.25) is 0 Å². The molecule has 0 saturated heterocycles. The molecule has 31 heavy (non-hydrogen) atoms. The van der Waals surface area contributed by atoms with E-state index in [1.54, 1.807) is 29.5 Å². The SMILES string of the molecule is CC1=C(C(=O)Nc2ccccc2)C(c2cccnc2)n2nc(-c3ccncc3)nc2N1. The van der Waals surface area contributed by atoms with E-state index in [-0.39, 0.29) is 5.91 Å². The van der Waals surface area contributed by atoms with E-state index in [0.717, 1.165) is 16.8 Å². The van der Waals surface area contributed by atoms with Gasteiger partial charge in [-0.2, -0.15) is 4.98 Å². The van der Waals surface area contributed by atoms with E-state index < -0.39 is 6.04 Å². The molecule has 0 saturated carbocycles. The first kappa shape index (κ1) is 18.7. The van der Waals surface area contributed by atoms with Crippen molar-refractivity contribution in [3.05, 3.63) is 96.2 Å². The number of hydrogen-bond acceptors (Lipinski definition) is 6. The van der Waals surface area contributed by atoms with Crippen molar-refractivity contribution in [3.63, 3.8) is 0 Å². The molecule has 5 rings (SSSR count). The predicted molar refractivity (Wildman–Crippen MR) is 117 cm³/mol. The number of rotatable bonds is 4. The summed E-state index contributed by atoms with van der Waals surface area (Å²) in [5.41, 5.74) is 3.67. The minimum Gasteiger partial charge on any atom is -0.328 e. The molecule has 2 N–H and O–H groups in total. The van der Waals surface area contributed by atoms with Gasteiger partial charge in [-0.05, 0) is 42.8 Å². The average molecular weight is 409 g/mol. The number of hydrogen-bond donors (Lipinski definition) is 2. The van der Waals surface area contributed by atoms with Crippen LogP contribution in [-0.2, 0) is 4.79 Å². The minimum absolute atomic E-state index is 0.211. The molecule has 8 nitrogen and oxygen atoms in total. The Kier molecular flexibility index (Phi) is 4.72. The van der Waals surface area contributed by atoms with Gasteiger partial charge < -0.3 is 10.6 Å². The average Bonchev–Trinajstić information content (AvgIpc) is 3.23. The highest BCUT2D eigenvalue weighted by Gasteiger charge is 2.34. The molecule has 0 aliphatic carbocycles. The van der Waals surface area contributed by atoms with E-state index in [2.05, 4.69) is 25.6 Å². The normalized spacial score (nSPS) is 15.2. The molecule has 0 bridgehead atoms. The summed E-state index contributed by atoms with van der Waals surface area (Å²) in [7, 11) is 0. The van der Waals surface area contributed by atoms with Crippen molar-refractivity contribution >= 4 is 17.5 Å². The summed E-state index contributed by atoms with van der Waals surface area (Å²) in [6.45, 7) is 1.87. The third-order valence-electron chi connectivity index (χ3n) is 5.07. The summed E-state index contributed by atoms with van der Waals surface area (Å²) < 4.78 is 1.74. The van der Waals surface area contributed by atoms with Gasteiger partial charge in [-0.3, -0.25) is 14.8 Å². The zero-order valence-corrected chi connectivity index (χ0v) is 16.7. The number of carbonyl (C=O) groups excluding carboxylic acids is 1. The predicted octanol–water partition coefficient (Wildman–Crippen LogP) is 3.66. The lowest BCUT2D eigenvalue weighted by Gasteiger charge is -2.28. The molecule has 1 aromatic carbocycles. The first-order chi connectivity index (χ1) is 15.2. The van der Waals surface area contributed by atoms with Gasteiger partial charge in [-0.15, -0.1) is 5.10 Å². The first-order valence-corrected chi connectivity index (χ1v) is 9.82. The third-order valence-corrected chi connectivity index (χ3v) is 5.07. The molecule has 1 atom stereocenters. The van der Waals surface area contributed by atoms with E-state index in [1.807, 2.05) is 61.5 Å². The van der Waals surface area contributed by atoms with E-state index in [0.29, 0.717) is 23.0 Å². The van der Waals surface area contributed by atoms with E-state index >= 15 is 0 Å². The van der Waals surface area contributed by atoms with Gasteiger partial charge in [0.15, 0.2) is 5.82 Å². The summed E-state index contributed by atoms with van der Waals surface area (Å²) in [5.74, 6) is 0.905. The number of amides is 1. The smallest absolute Gasteiger partial charge is 0.255 e. The number of pyridine rings is 2. The Balaban J connectivity index is 1.60. The molecular weight excluding hydrogens is 390 g/mol. The Labute approximate surface area is 178 Å². The molecule has 1 aliphatic heterocycles. The lowest BCUT2D eigenvalue weighted by Crippen LogP contribution is -2.31. The summed E-state index contributed by atoms with van der Waals surface area (Å²) >= 11 is 0. The maximum Gasteiger partial charge on any atom is 0.255 e. The van der Waals surface area contributed by atoms with Crippen molar-refractivity contribution in [1.29, 1.82) is 0 Å². The van der Waals surface area contributed by atoms with E-state index in [9.17, 15) is 4.79 Å². The Morgan fingerprint density at radius 1 is 1.00 bits per heavy atom. The van der Waals surface area contributed by atoms with Crippen LogP contribution in [0.3, 0.4) is 0 Å². The quantitative estimate of drug-likeness (QED) is 0.534. The zero-order chi connectivity index (χ0) is 21.2. The van der Waals surface area contributed by atoms with Crippen LogP contribution in [0.25, 0.3) is 11.4 Å². The maximum absolute atomic E-state index is 13.3. The number of allylic oxidation sites excluding steroid dienone is 1. The van der Waals surface area contributed by atoms with Crippen molar-refractivity contribution in [2.45, 2.75) is 13.0 Å². The van der Waals surface area contributed by atoms with Crippen molar-refractivity contribution < 1.29 is 4.79 Å². The number of aromatic nitrogens is 5. The first-order valence-electron chi connectivity index (χ1n) is 9.82. The van der Waals surface area contributed by atoms with Gasteiger partial charge in [0.1, 0.15) is 6.04 Å². The zero-order valence-electron chi connectivity index (χ0n) is 16.7. The van der Waals surface area contributed by atoms with Gasteiger partial charge in [0.05, 0.1) is 5.57 Å². The topological polar surface area (TPSA) is 97.6 Å². The Bertz CT molecular complexity index is 1250. The van der Waals surface area contributed by atoms with Gasteiger partial charge in [-0.1, -0.05) is 24.3 Å². The second kappa shape index (κ2) is 7.83. The molecule has 4 heterocycles. The second-order valence-electron chi connectivity index (χ2n) is 7.11. The summed E-state index contributed by atoms with van der Waals surface area (Å²) in [6, 6.07) is 16.4. The maximum atomic E-state index is 13.3. The van der Waals surface area contributed by atoms with Crippen molar-refractivity contribution in [3.8, 4) is 11.4 Å². The number of nitrogens with one attached hydrogen (secondary N) is 2. The molecule has 1 amide bonds. The number of carbonyl (C=O) groups is 1. The minimum atomic E-state index is -0.475. The number of fused-ring (bicyclic) bond motifs is 1. The van der Waals surface area contributed by atoms with Crippen LogP contribution in [0.15, 0.2) is 90.7 Å². The van der Waals surface area contributed by atoms with Gasteiger partial charge in [0.2, 0.25) is 5.95 Å². The Morgan fingerprint density at radius 2 is 1.81 bits per heavy atom. The molecular formula is C23H19N7O. The highest BCUT2D eigenvalue weighted by Crippen LogP contribution is 2.36. The van der Waals surface area contributed by atoms with Crippen molar-refractivity contribution in [1.82, 2.24) is 24.7 Å². The lowest BCUT2D eigenvalue weighted by molar-refractivity contribution is -0.113. The molecule has 4 aromatic rings. The van der Waals surface area contributed by atoms with Crippen LogP contribution in [-0.4, -0.2) is 30.6 Å². The summed E-state index contributed by atoms with van der Waals surface area (Å²) in [5, 5.41) is 10.9. The van der Waals surface area contributed by atoms with Gasteiger partial charge >= 0.3 is 0 Å². The Hall–Kier alpha value is -4.33. The second-order valence-corrected chi connectivity index (χ2v) is 7.11. The van der Waals surface area contributed by atoms with Gasteiger partial charge in [0.25, 0.3) is 5.91 Å². The fourth-order valence-electron chi connectivity index (χ4n) is 3.63. The number of benzene rings is 1. The van der Waals surface area contributed by atoms with Gasteiger partial charge in [0, 0.05) is 41.7 Å². The lowest BCUT2D eigenvalue weighted by atomic mass is 9.96. The fraction of sp³-hybridized carbons (Fsp3) is 0.0870. The molecule has 0 radical (unpaired) electrons. The number of nitrogens with zero attached hydrogens (tertiary/aromatic N) is 5. The fourth-order valence-corrected chi connectivity index (χ4v) is 3.63. The van der Waals surface area contributed by atoms with Crippen LogP contribution in [0.1, 0.15) is 18.5 Å². The van der Waals surface area contributed by atoms with Crippen molar-refractivity contribution in [2.75, 3.05) is 10.6 Å². The molecule has 1 unspecified atom stereocenters. The van der Waals surface area contributed by atoms with Crippen molar-refractivity contribution in [2.24, 2.45) is 0 Å². The Morgan fingerprint density at radius 3 is 2.55 bits per heavy atom. The highest BCUT2D eigenvalue weighted by molar-refractivity contribution is 6.06. The standard InChI is InChI=1S/C23H19N7O/c1-15-19(22(31)27-18-7-3-2-4-8-18)20(17-6-5-11-25-14-17)30-23(26-15)28-21(29-30)16-9-12-24-13-10-16/h2-14,20H,1H3,(H,27,31)(H,26,28,29). The molecule has 0 spiro atoms. The number of anilines is 2. The van der Waals surface area contributed by atoms with Crippen LogP contribution < -0.4 is 10.6 Å². The molecule has 152 valence electrons.